The van der Waals surface area contributed by atoms with Gasteiger partial charge in [-0.2, -0.15) is 13.2 Å². The van der Waals surface area contributed by atoms with Gasteiger partial charge in [0.15, 0.2) is 0 Å². The second-order valence-corrected chi connectivity index (χ2v) is 7.37. The van der Waals surface area contributed by atoms with Crippen LogP contribution in [-0.2, 0) is 18.3 Å². The van der Waals surface area contributed by atoms with Crippen molar-refractivity contribution in [3.8, 4) is 0 Å². The average Bonchev–Trinajstić information content (AvgIpc) is 3.33. The Kier molecular flexibility index (Phi) is 5.12. The van der Waals surface area contributed by atoms with Crippen molar-refractivity contribution in [1.82, 2.24) is 14.5 Å². The van der Waals surface area contributed by atoms with Gasteiger partial charge >= 0.3 is 6.18 Å². The molecule has 161 valence electrons. The summed E-state index contributed by atoms with van der Waals surface area (Å²) in [6.07, 6.45) is -0.891. The Morgan fingerprint density at radius 1 is 1.19 bits per heavy atom. The standard InChI is InChI=1S/C22H21F3N5O/c1-3-21(2,15-7-5-8-16(12-15)22(23,24)25)29-20-27-17-9-4-6-14(18(17)28-20)13-30-10-11-31-19(30)26/h4-12,26H,2-3,13H2,1H3,(H2,27,28,29). The van der Waals surface area contributed by atoms with E-state index in [-0.39, 0.29) is 5.68 Å². The van der Waals surface area contributed by atoms with E-state index in [1.165, 1.54) is 12.3 Å². The molecule has 0 spiro atoms. The molecule has 2 aromatic heterocycles. The van der Waals surface area contributed by atoms with Gasteiger partial charge in [-0.3, -0.25) is 9.98 Å². The number of benzene rings is 2. The normalized spacial score (nSPS) is 14.0. The van der Waals surface area contributed by atoms with E-state index in [2.05, 4.69) is 22.2 Å². The van der Waals surface area contributed by atoms with Crippen molar-refractivity contribution in [2.75, 3.05) is 5.32 Å². The molecule has 1 radical (unpaired) electrons. The van der Waals surface area contributed by atoms with Crippen LogP contribution in [-0.4, -0.2) is 14.5 Å². The van der Waals surface area contributed by atoms with E-state index in [9.17, 15) is 13.2 Å². The van der Waals surface area contributed by atoms with Crippen molar-refractivity contribution in [3.63, 3.8) is 0 Å². The molecule has 0 aliphatic heterocycles. The minimum Gasteiger partial charge on any atom is -0.432 e. The minimum absolute atomic E-state index is 0.0261. The molecule has 0 fully saturated rings. The molecule has 1 atom stereocenters. The van der Waals surface area contributed by atoms with Crippen LogP contribution in [0, 0.1) is 12.3 Å². The van der Waals surface area contributed by atoms with Gasteiger partial charge in [0.2, 0.25) is 5.95 Å². The third-order valence-electron chi connectivity index (χ3n) is 5.32. The number of alkyl halides is 3. The van der Waals surface area contributed by atoms with E-state index >= 15 is 0 Å². The van der Waals surface area contributed by atoms with Gasteiger partial charge in [0, 0.05) is 6.20 Å². The summed E-state index contributed by atoms with van der Waals surface area (Å²) in [5.74, 6) is 0.403. The molecule has 0 amide bonds. The van der Waals surface area contributed by atoms with Crippen molar-refractivity contribution in [2.45, 2.75) is 31.6 Å². The Morgan fingerprint density at radius 2 is 1.94 bits per heavy atom. The number of fused-ring (bicyclic) bond motifs is 1. The fourth-order valence-corrected chi connectivity index (χ4v) is 3.47. The van der Waals surface area contributed by atoms with Crippen LogP contribution in [0.3, 0.4) is 0 Å². The summed E-state index contributed by atoms with van der Waals surface area (Å²) in [6.45, 7) is 6.41. The van der Waals surface area contributed by atoms with Crippen molar-refractivity contribution < 1.29 is 17.6 Å². The van der Waals surface area contributed by atoms with E-state index in [1.807, 2.05) is 25.1 Å². The van der Waals surface area contributed by atoms with Crippen molar-refractivity contribution in [1.29, 1.82) is 5.41 Å². The third kappa shape index (κ3) is 4.08. The van der Waals surface area contributed by atoms with E-state index in [0.717, 1.165) is 23.2 Å². The van der Waals surface area contributed by atoms with Crippen LogP contribution in [0.15, 0.2) is 59.3 Å². The number of oxazole rings is 1. The lowest BCUT2D eigenvalue weighted by molar-refractivity contribution is -0.137. The first-order valence-electron chi connectivity index (χ1n) is 9.67. The number of nitrogens with one attached hydrogen (secondary N) is 3. The second kappa shape index (κ2) is 7.64. The number of nitrogens with zero attached hydrogens (tertiary/aromatic N) is 2. The van der Waals surface area contributed by atoms with Crippen LogP contribution in [0.4, 0.5) is 19.1 Å². The molecule has 0 bridgehead atoms. The zero-order valence-electron chi connectivity index (χ0n) is 16.8. The maximum absolute atomic E-state index is 13.2. The molecular weight excluding hydrogens is 407 g/mol. The Balaban J connectivity index is 1.68. The van der Waals surface area contributed by atoms with Crippen LogP contribution >= 0.6 is 0 Å². The van der Waals surface area contributed by atoms with Gasteiger partial charge < -0.3 is 14.7 Å². The molecule has 6 nitrogen and oxygen atoms in total. The van der Waals surface area contributed by atoms with Gasteiger partial charge in [-0.1, -0.05) is 31.2 Å². The zero-order valence-corrected chi connectivity index (χ0v) is 16.8. The van der Waals surface area contributed by atoms with Gasteiger partial charge in [-0.25, -0.2) is 4.98 Å². The lowest BCUT2D eigenvalue weighted by Gasteiger charge is -2.30. The topological polar surface area (TPSA) is 82.6 Å². The van der Waals surface area contributed by atoms with Gasteiger partial charge in [-0.15, -0.1) is 0 Å². The SMILES string of the molecule is [CH2]C(CC)(Nc1nc2c(Cn3ccoc3=N)cccc2[nH]1)c1cccc(C(F)(F)F)c1. The maximum atomic E-state index is 13.2. The van der Waals surface area contributed by atoms with Crippen molar-refractivity contribution >= 4 is 17.0 Å². The Bertz CT molecular complexity index is 1270. The first-order valence-corrected chi connectivity index (χ1v) is 9.67. The molecule has 31 heavy (non-hydrogen) atoms. The summed E-state index contributed by atoms with van der Waals surface area (Å²) in [7, 11) is 0. The number of para-hydroxylation sites is 1. The van der Waals surface area contributed by atoms with Crippen LogP contribution < -0.4 is 11.0 Å². The number of anilines is 1. The fraction of sp³-hybridized carbons (Fsp3) is 0.227. The lowest BCUT2D eigenvalue weighted by Crippen LogP contribution is -2.32. The molecule has 0 saturated carbocycles. The highest BCUT2D eigenvalue weighted by Crippen LogP contribution is 2.34. The summed E-state index contributed by atoms with van der Waals surface area (Å²) in [5.41, 5.74) is 1.04. The molecule has 1 unspecified atom stereocenters. The summed E-state index contributed by atoms with van der Waals surface area (Å²) < 4.78 is 46.2. The van der Waals surface area contributed by atoms with Gasteiger partial charge in [0.1, 0.15) is 6.26 Å². The number of hydrogen-bond acceptors (Lipinski definition) is 4. The highest BCUT2D eigenvalue weighted by Gasteiger charge is 2.33. The number of hydrogen-bond donors (Lipinski definition) is 3. The smallest absolute Gasteiger partial charge is 0.416 e. The predicted molar refractivity (Wildman–Crippen MR) is 110 cm³/mol. The van der Waals surface area contributed by atoms with Crippen LogP contribution in [0.25, 0.3) is 11.0 Å². The molecule has 0 saturated heterocycles. The van der Waals surface area contributed by atoms with Gasteiger partial charge in [-0.05, 0) is 42.7 Å². The van der Waals surface area contributed by atoms with Crippen molar-refractivity contribution in [3.05, 3.63) is 84.2 Å². The van der Waals surface area contributed by atoms with Crippen LogP contribution in [0.5, 0.6) is 0 Å². The first kappa shape index (κ1) is 20.8. The van der Waals surface area contributed by atoms with E-state index in [1.54, 1.807) is 16.8 Å². The van der Waals surface area contributed by atoms with Crippen LogP contribution in [0.1, 0.15) is 30.0 Å². The zero-order chi connectivity index (χ0) is 22.2. The summed E-state index contributed by atoms with van der Waals surface area (Å²) >= 11 is 0. The molecule has 0 aliphatic carbocycles. The average molecular weight is 428 g/mol. The van der Waals surface area contributed by atoms with E-state index < -0.39 is 17.3 Å². The number of imidazole rings is 1. The lowest BCUT2D eigenvalue weighted by atomic mass is 9.88. The Labute approximate surface area is 176 Å². The van der Waals surface area contributed by atoms with Gasteiger partial charge in [0.05, 0.1) is 28.7 Å². The number of rotatable bonds is 6. The third-order valence-corrected chi connectivity index (χ3v) is 5.32. The quantitative estimate of drug-likeness (QED) is 0.402. The highest BCUT2D eigenvalue weighted by molar-refractivity contribution is 5.81. The molecular formula is C22H21F3N5O. The maximum Gasteiger partial charge on any atom is 0.416 e. The van der Waals surface area contributed by atoms with Crippen LogP contribution in [0.2, 0.25) is 0 Å². The fourth-order valence-electron chi connectivity index (χ4n) is 3.47. The summed E-state index contributed by atoms with van der Waals surface area (Å²) in [6, 6.07) is 10.8. The number of aromatic nitrogens is 3. The van der Waals surface area contributed by atoms with Crippen molar-refractivity contribution in [2.24, 2.45) is 0 Å². The molecule has 2 heterocycles. The minimum atomic E-state index is -4.43. The largest absolute Gasteiger partial charge is 0.432 e. The number of halogens is 3. The van der Waals surface area contributed by atoms with Gasteiger partial charge in [0.25, 0.3) is 5.68 Å². The molecule has 4 rings (SSSR count). The summed E-state index contributed by atoms with van der Waals surface area (Å²) in [4.78, 5) is 7.79. The monoisotopic (exact) mass is 428 g/mol. The predicted octanol–water partition coefficient (Wildman–Crippen LogP) is 5.06. The number of H-pyrrole nitrogens is 1. The Hall–Kier alpha value is -3.49. The first-order chi connectivity index (χ1) is 14.7. The summed E-state index contributed by atoms with van der Waals surface area (Å²) in [5, 5.41) is 11.0. The molecule has 9 heteroatoms. The number of aromatic amines is 1. The van der Waals surface area contributed by atoms with E-state index in [4.69, 9.17) is 9.83 Å². The molecule has 2 aromatic carbocycles. The van der Waals surface area contributed by atoms with E-state index in [0.29, 0.717) is 30.0 Å². The second-order valence-electron chi connectivity index (χ2n) is 7.37. The molecule has 0 aliphatic rings. The highest BCUT2D eigenvalue weighted by atomic mass is 19.4. The molecule has 3 N–H and O–H groups in total. The Morgan fingerprint density at radius 3 is 2.61 bits per heavy atom. The molecule has 4 aromatic rings.